The van der Waals surface area contributed by atoms with E-state index in [0.717, 1.165) is 30.5 Å². The molecule has 3 aliphatic rings. The minimum atomic E-state index is -0.156. The summed E-state index contributed by atoms with van der Waals surface area (Å²) < 4.78 is 21.5. The minimum Gasteiger partial charge on any atom is -0.493 e. The van der Waals surface area contributed by atoms with Crippen molar-refractivity contribution in [3.63, 3.8) is 0 Å². The maximum absolute atomic E-state index is 13.3. The van der Waals surface area contributed by atoms with Crippen LogP contribution < -0.4 is 24.3 Å². The highest BCUT2D eigenvalue weighted by Gasteiger charge is 2.27. The van der Waals surface area contributed by atoms with E-state index in [9.17, 15) is 9.59 Å². The van der Waals surface area contributed by atoms with Crippen molar-refractivity contribution in [2.24, 2.45) is 0 Å². The predicted molar refractivity (Wildman–Crippen MR) is 133 cm³/mol. The first-order valence-corrected chi connectivity index (χ1v) is 12.2. The summed E-state index contributed by atoms with van der Waals surface area (Å²) in [5.74, 6) is 2.55. The molecule has 190 valence electrons. The average Bonchev–Trinajstić information content (AvgIpc) is 3.39. The van der Waals surface area contributed by atoms with E-state index < -0.39 is 0 Å². The monoisotopic (exact) mass is 493 g/mol. The van der Waals surface area contributed by atoms with Gasteiger partial charge in [-0.1, -0.05) is 6.08 Å². The molecule has 0 saturated carbocycles. The molecule has 0 aliphatic carbocycles. The van der Waals surface area contributed by atoms with Gasteiger partial charge in [-0.05, 0) is 54.3 Å². The van der Waals surface area contributed by atoms with Gasteiger partial charge in [-0.3, -0.25) is 14.5 Å². The second-order valence-electron chi connectivity index (χ2n) is 9.07. The number of rotatable bonds is 7. The molecule has 2 amide bonds. The topological polar surface area (TPSA) is 89.6 Å². The summed E-state index contributed by atoms with van der Waals surface area (Å²) in [5, 5.41) is 2.96. The lowest BCUT2D eigenvalue weighted by atomic mass is 9.97. The Balaban J connectivity index is 1.14. The van der Waals surface area contributed by atoms with Gasteiger partial charge in [0.2, 0.25) is 6.79 Å². The van der Waals surface area contributed by atoms with Crippen LogP contribution in [0.1, 0.15) is 27.9 Å². The second kappa shape index (κ2) is 10.5. The molecule has 2 aromatic carbocycles. The lowest BCUT2D eigenvalue weighted by Crippen LogP contribution is -2.43. The van der Waals surface area contributed by atoms with Crippen molar-refractivity contribution in [1.29, 1.82) is 0 Å². The predicted octanol–water partition coefficient (Wildman–Crippen LogP) is 2.38. The Hall–Kier alpha value is -3.72. The summed E-state index contributed by atoms with van der Waals surface area (Å²) in [6.45, 7) is 4.00. The molecule has 9 heteroatoms. The van der Waals surface area contributed by atoms with Gasteiger partial charge in [-0.2, -0.15) is 0 Å². The number of nitrogens with one attached hydrogen (secondary N) is 1. The van der Waals surface area contributed by atoms with Gasteiger partial charge in [0, 0.05) is 50.4 Å². The summed E-state index contributed by atoms with van der Waals surface area (Å²) in [7, 11) is 3.25. The van der Waals surface area contributed by atoms with Gasteiger partial charge in [0.05, 0.1) is 14.2 Å². The number of benzene rings is 2. The minimum absolute atomic E-state index is 0.0736. The number of hydrogen-bond donors (Lipinski definition) is 1. The standard InChI is InChI=1S/C27H31N3O6/c1-33-23-12-18-7-10-30(16-21(18)14-24(23)34-2)27(32)20-4-3-9-29(15-20)11-8-28-26(31)19-5-6-22-25(13-19)36-17-35-22/h4-6,12-14H,3,7-11,15-17H2,1-2H3,(H,28,31). The number of methoxy groups -OCH3 is 2. The molecular weight excluding hydrogens is 462 g/mol. The number of amides is 2. The third-order valence-electron chi connectivity index (χ3n) is 6.86. The normalized spacial score (nSPS) is 16.7. The van der Waals surface area contributed by atoms with Crippen molar-refractivity contribution in [2.45, 2.75) is 19.4 Å². The van der Waals surface area contributed by atoms with Crippen molar-refractivity contribution in [1.82, 2.24) is 15.1 Å². The van der Waals surface area contributed by atoms with Gasteiger partial charge < -0.3 is 29.2 Å². The highest BCUT2D eigenvalue weighted by atomic mass is 16.7. The van der Waals surface area contributed by atoms with Crippen LogP contribution in [0.2, 0.25) is 0 Å². The molecule has 0 fully saturated rings. The fourth-order valence-electron chi connectivity index (χ4n) is 4.88. The lowest BCUT2D eigenvalue weighted by molar-refractivity contribution is -0.128. The molecule has 0 radical (unpaired) electrons. The maximum atomic E-state index is 13.3. The van der Waals surface area contributed by atoms with Crippen molar-refractivity contribution in [3.05, 3.63) is 58.7 Å². The molecular formula is C27H31N3O6. The van der Waals surface area contributed by atoms with Gasteiger partial charge in [-0.15, -0.1) is 0 Å². The number of fused-ring (bicyclic) bond motifs is 2. The molecule has 36 heavy (non-hydrogen) atoms. The summed E-state index contributed by atoms with van der Waals surface area (Å²) >= 11 is 0. The van der Waals surface area contributed by atoms with Crippen LogP contribution in [-0.4, -0.2) is 75.4 Å². The van der Waals surface area contributed by atoms with E-state index in [2.05, 4.69) is 10.2 Å². The first-order chi connectivity index (χ1) is 17.6. The Labute approximate surface area is 210 Å². The molecule has 0 saturated heterocycles. The van der Waals surface area contributed by atoms with E-state index in [4.69, 9.17) is 18.9 Å². The third-order valence-corrected chi connectivity index (χ3v) is 6.86. The molecule has 0 bridgehead atoms. The van der Waals surface area contributed by atoms with E-state index in [-0.39, 0.29) is 18.6 Å². The van der Waals surface area contributed by atoms with E-state index in [1.165, 1.54) is 5.56 Å². The lowest BCUT2D eigenvalue weighted by Gasteiger charge is -2.33. The first-order valence-electron chi connectivity index (χ1n) is 12.2. The highest BCUT2D eigenvalue weighted by molar-refractivity contribution is 5.95. The quantitative estimate of drug-likeness (QED) is 0.634. The molecule has 0 atom stereocenters. The molecule has 3 aliphatic heterocycles. The average molecular weight is 494 g/mol. The van der Waals surface area contributed by atoms with Crippen LogP contribution >= 0.6 is 0 Å². The maximum Gasteiger partial charge on any atom is 0.251 e. The second-order valence-corrected chi connectivity index (χ2v) is 9.07. The molecule has 0 unspecified atom stereocenters. The van der Waals surface area contributed by atoms with Crippen molar-refractivity contribution in [2.75, 3.05) is 53.7 Å². The molecule has 2 aromatic rings. The number of carbonyl (C=O) groups excluding carboxylic acids is 2. The number of nitrogens with zero attached hydrogens (tertiary/aromatic N) is 2. The van der Waals surface area contributed by atoms with Crippen LogP contribution in [-0.2, 0) is 17.8 Å². The van der Waals surface area contributed by atoms with Crippen LogP contribution in [0.4, 0.5) is 0 Å². The van der Waals surface area contributed by atoms with Gasteiger partial charge in [0.15, 0.2) is 23.0 Å². The summed E-state index contributed by atoms with van der Waals surface area (Å²) in [6, 6.07) is 9.15. The Kier molecular flexibility index (Phi) is 6.99. The Morgan fingerprint density at radius 3 is 2.56 bits per heavy atom. The van der Waals surface area contributed by atoms with Crippen LogP contribution in [0.5, 0.6) is 23.0 Å². The molecule has 0 spiro atoms. The van der Waals surface area contributed by atoms with E-state index >= 15 is 0 Å². The molecule has 0 aromatic heterocycles. The summed E-state index contributed by atoms with van der Waals surface area (Å²) in [5.41, 5.74) is 3.63. The van der Waals surface area contributed by atoms with Gasteiger partial charge in [0.1, 0.15) is 0 Å². The zero-order chi connectivity index (χ0) is 25.1. The smallest absolute Gasteiger partial charge is 0.251 e. The van der Waals surface area contributed by atoms with Crippen molar-refractivity contribution in [3.8, 4) is 23.0 Å². The number of ether oxygens (including phenoxy) is 4. The van der Waals surface area contributed by atoms with Crippen LogP contribution in [0.3, 0.4) is 0 Å². The van der Waals surface area contributed by atoms with Gasteiger partial charge >= 0.3 is 0 Å². The van der Waals surface area contributed by atoms with E-state index in [1.807, 2.05) is 23.1 Å². The van der Waals surface area contributed by atoms with Gasteiger partial charge in [-0.25, -0.2) is 0 Å². The van der Waals surface area contributed by atoms with Gasteiger partial charge in [0.25, 0.3) is 11.8 Å². The fraction of sp³-hybridized carbons (Fsp3) is 0.407. The van der Waals surface area contributed by atoms with Crippen LogP contribution in [0.15, 0.2) is 42.0 Å². The zero-order valence-corrected chi connectivity index (χ0v) is 20.7. The molecule has 9 nitrogen and oxygen atoms in total. The van der Waals surface area contributed by atoms with E-state index in [1.54, 1.807) is 32.4 Å². The highest BCUT2D eigenvalue weighted by Crippen LogP contribution is 2.34. The largest absolute Gasteiger partial charge is 0.493 e. The fourth-order valence-corrected chi connectivity index (χ4v) is 4.88. The molecule has 3 heterocycles. The van der Waals surface area contributed by atoms with Crippen molar-refractivity contribution >= 4 is 11.8 Å². The molecule has 5 rings (SSSR count). The van der Waals surface area contributed by atoms with Crippen LogP contribution in [0.25, 0.3) is 0 Å². The number of hydrogen-bond acceptors (Lipinski definition) is 7. The Morgan fingerprint density at radius 1 is 0.972 bits per heavy atom. The third kappa shape index (κ3) is 4.97. The molecule has 1 N–H and O–H groups in total. The van der Waals surface area contributed by atoms with Crippen LogP contribution in [0, 0.1) is 0 Å². The zero-order valence-electron chi connectivity index (χ0n) is 20.7. The number of carbonyl (C=O) groups is 2. The summed E-state index contributed by atoms with van der Waals surface area (Å²) in [4.78, 5) is 30.0. The summed E-state index contributed by atoms with van der Waals surface area (Å²) in [6.07, 6.45) is 3.64. The van der Waals surface area contributed by atoms with E-state index in [0.29, 0.717) is 61.3 Å². The Morgan fingerprint density at radius 2 is 1.75 bits per heavy atom. The Bertz CT molecular complexity index is 1190. The first kappa shape index (κ1) is 24.0. The van der Waals surface area contributed by atoms with Crippen molar-refractivity contribution < 1.29 is 28.5 Å². The SMILES string of the molecule is COc1cc2c(cc1OC)CN(C(=O)C1=CCCN(CCNC(=O)c3ccc4c(c3)OCO4)C1)CC2.